The Morgan fingerprint density at radius 3 is 3.00 bits per heavy atom. The van der Waals surface area contributed by atoms with Crippen molar-refractivity contribution in [3.63, 3.8) is 0 Å². The summed E-state index contributed by atoms with van der Waals surface area (Å²) < 4.78 is 0. The molecule has 5 heteroatoms. The van der Waals surface area contributed by atoms with Crippen LogP contribution < -0.4 is 10.2 Å². The van der Waals surface area contributed by atoms with E-state index in [2.05, 4.69) is 50.9 Å². The third kappa shape index (κ3) is 2.35. The van der Waals surface area contributed by atoms with E-state index in [0.29, 0.717) is 6.04 Å². The predicted octanol–water partition coefficient (Wildman–Crippen LogP) is 2.38. The van der Waals surface area contributed by atoms with E-state index in [-0.39, 0.29) is 0 Å². The maximum Gasteiger partial charge on any atom is 0.151 e. The molecule has 0 saturated heterocycles. The van der Waals surface area contributed by atoms with Crippen LogP contribution in [0.3, 0.4) is 0 Å². The molecule has 3 heterocycles. The summed E-state index contributed by atoms with van der Waals surface area (Å²) in [6.07, 6.45) is 1.11. The molecule has 1 aliphatic rings. The van der Waals surface area contributed by atoms with Crippen LogP contribution in [0.2, 0.25) is 0 Å². The number of fused-ring (bicyclic) bond motifs is 1. The number of nitrogens with one attached hydrogen (secondary N) is 1. The molecule has 4 nitrogen and oxygen atoms in total. The van der Waals surface area contributed by atoms with Crippen molar-refractivity contribution in [2.24, 2.45) is 0 Å². The van der Waals surface area contributed by atoms with Gasteiger partial charge in [0.2, 0.25) is 0 Å². The van der Waals surface area contributed by atoms with Crippen molar-refractivity contribution < 1.29 is 0 Å². The second-order valence-corrected chi connectivity index (χ2v) is 5.83. The molecule has 0 saturated carbocycles. The summed E-state index contributed by atoms with van der Waals surface area (Å²) in [5.41, 5.74) is 2.42. The van der Waals surface area contributed by atoms with E-state index < -0.39 is 0 Å². The monoisotopic (exact) mass is 274 g/mol. The number of hydrogen-bond acceptors (Lipinski definition) is 5. The number of anilines is 1. The molecule has 0 fully saturated rings. The lowest BCUT2D eigenvalue weighted by molar-refractivity contribution is 0.618. The zero-order valence-corrected chi connectivity index (χ0v) is 12.1. The molecule has 1 atom stereocenters. The zero-order chi connectivity index (χ0) is 13.2. The Balaban J connectivity index is 1.83. The van der Waals surface area contributed by atoms with Crippen molar-refractivity contribution >= 4 is 17.2 Å². The summed E-state index contributed by atoms with van der Waals surface area (Å²) in [7, 11) is 1.92. The van der Waals surface area contributed by atoms with Crippen molar-refractivity contribution in [1.82, 2.24) is 15.5 Å². The highest BCUT2D eigenvalue weighted by molar-refractivity contribution is 7.10. The Kier molecular flexibility index (Phi) is 3.48. The molecule has 1 aliphatic heterocycles. The van der Waals surface area contributed by atoms with Gasteiger partial charge in [0.1, 0.15) is 0 Å². The highest BCUT2D eigenvalue weighted by Crippen LogP contribution is 2.34. The summed E-state index contributed by atoms with van der Waals surface area (Å²) in [4.78, 5) is 3.86. The number of hydrogen-bond donors (Lipinski definition) is 1. The maximum absolute atomic E-state index is 4.37. The second-order valence-electron chi connectivity index (χ2n) is 4.83. The third-order valence-electron chi connectivity index (χ3n) is 3.64. The van der Waals surface area contributed by atoms with Crippen LogP contribution in [0.4, 0.5) is 5.82 Å². The lowest BCUT2D eigenvalue weighted by Gasteiger charge is -2.34. The summed E-state index contributed by atoms with van der Waals surface area (Å²) >= 11 is 1.86. The van der Waals surface area contributed by atoms with E-state index in [1.54, 1.807) is 0 Å². The minimum atomic E-state index is 0.388. The lowest BCUT2D eigenvalue weighted by atomic mass is 10.0. The van der Waals surface area contributed by atoms with Gasteiger partial charge in [0, 0.05) is 18.0 Å². The van der Waals surface area contributed by atoms with E-state index in [9.17, 15) is 0 Å². The van der Waals surface area contributed by atoms with Gasteiger partial charge in [0.25, 0.3) is 0 Å². The molecule has 0 aromatic carbocycles. The van der Waals surface area contributed by atoms with Crippen molar-refractivity contribution in [2.75, 3.05) is 18.5 Å². The molecule has 3 rings (SSSR count). The molecule has 100 valence electrons. The van der Waals surface area contributed by atoms with Crippen LogP contribution in [0.1, 0.15) is 29.1 Å². The van der Waals surface area contributed by atoms with Crippen molar-refractivity contribution in [1.29, 1.82) is 0 Å². The van der Waals surface area contributed by atoms with Crippen LogP contribution in [0, 0.1) is 0 Å². The van der Waals surface area contributed by atoms with Crippen LogP contribution in [-0.2, 0) is 13.0 Å². The Labute approximate surface area is 117 Å². The number of aromatic nitrogens is 2. The molecule has 1 N–H and O–H groups in total. The van der Waals surface area contributed by atoms with Crippen molar-refractivity contribution in [3.8, 4) is 0 Å². The Morgan fingerprint density at radius 1 is 1.37 bits per heavy atom. The van der Waals surface area contributed by atoms with Gasteiger partial charge in [0.15, 0.2) is 5.82 Å². The van der Waals surface area contributed by atoms with E-state index in [0.717, 1.165) is 31.0 Å². The summed E-state index contributed by atoms with van der Waals surface area (Å²) in [5.74, 6) is 0.976. The maximum atomic E-state index is 4.37. The first-order valence-corrected chi connectivity index (χ1v) is 7.47. The minimum absolute atomic E-state index is 0.388. The van der Waals surface area contributed by atoms with E-state index >= 15 is 0 Å². The first-order valence-electron chi connectivity index (χ1n) is 6.59. The molecule has 19 heavy (non-hydrogen) atoms. The topological polar surface area (TPSA) is 41.0 Å². The van der Waals surface area contributed by atoms with Crippen LogP contribution in [0.25, 0.3) is 0 Å². The molecule has 0 spiro atoms. The molecule has 0 amide bonds. The normalized spacial score (nSPS) is 18.4. The van der Waals surface area contributed by atoms with E-state index in [4.69, 9.17) is 0 Å². The molecular formula is C14H18N4S. The SMILES string of the molecule is CNCc1ccc(N2CCc3sccc3C2C)nn1. The molecule has 0 bridgehead atoms. The minimum Gasteiger partial charge on any atom is -0.348 e. The first kappa shape index (κ1) is 12.6. The second kappa shape index (κ2) is 5.27. The van der Waals surface area contributed by atoms with Gasteiger partial charge >= 0.3 is 0 Å². The van der Waals surface area contributed by atoms with Gasteiger partial charge in [-0.2, -0.15) is 5.10 Å². The number of rotatable bonds is 3. The molecule has 2 aromatic heterocycles. The van der Waals surface area contributed by atoms with E-state index in [1.807, 2.05) is 18.4 Å². The van der Waals surface area contributed by atoms with Crippen LogP contribution >= 0.6 is 11.3 Å². The number of thiophene rings is 1. The Bertz CT molecular complexity index is 549. The van der Waals surface area contributed by atoms with Crippen molar-refractivity contribution in [3.05, 3.63) is 39.7 Å². The predicted molar refractivity (Wildman–Crippen MR) is 78.6 cm³/mol. The van der Waals surface area contributed by atoms with Gasteiger partial charge in [-0.1, -0.05) is 0 Å². The molecule has 1 unspecified atom stereocenters. The highest BCUT2D eigenvalue weighted by atomic mass is 32.1. The van der Waals surface area contributed by atoms with Crippen LogP contribution in [-0.4, -0.2) is 23.8 Å². The fourth-order valence-electron chi connectivity index (χ4n) is 2.60. The summed E-state index contributed by atoms with van der Waals surface area (Å²) in [6.45, 7) is 4.03. The Morgan fingerprint density at radius 2 is 2.26 bits per heavy atom. The standard InChI is InChI=1S/C14H18N4S/c1-10-12-6-8-19-13(12)5-7-18(10)14-4-3-11(9-15-2)16-17-14/h3-4,6,8,10,15H,5,7,9H2,1-2H3. The average Bonchev–Trinajstić information content (AvgIpc) is 2.90. The van der Waals surface area contributed by atoms with Gasteiger partial charge in [0.05, 0.1) is 11.7 Å². The highest BCUT2D eigenvalue weighted by Gasteiger charge is 2.25. The molecule has 0 radical (unpaired) electrons. The van der Waals surface area contributed by atoms with Gasteiger partial charge in [-0.25, -0.2) is 0 Å². The zero-order valence-electron chi connectivity index (χ0n) is 11.3. The average molecular weight is 274 g/mol. The van der Waals surface area contributed by atoms with E-state index in [1.165, 1.54) is 10.4 Å². The van der Waals surface area contributed by atoms with Gasteiger partial charge < -0.3 is 10.2 Å². The van der Waals surface area contributed by atoms with Crippen LogP contribution in [0.15, 0.2) is 23.6 Å². The summed E-state index contributed by atoms with van der Waals surface area (Å²) in [6, 6.07) is 6.75. The summed E-state index contributed by atoms with van der Waals surface area (Å²) in [5, 5.41) is 13.9. The fraction of sp³-hybridized carbons (Fsp3) is 0.429. The largest absolute Gasteiger partial charge is 0.348 e. The van der Waals surface area contributed by atoms with Crippen LogP contribution in [0.5, 0.6) is 0 Å². The van der Waals surface area contributed by atoms with Gasteiger partial charge in [-0.15, -0.1) is 16.4 Å². The molecular weight excluding hydrogens is 256 g/mol. The molecule has 0 aliphatic carbocycles. The Hall–Kier alpha value is -1.46. The van der Waals surface area contributed by atoms with Gasteiger partial charge in [-0.05, 0) is 49.5 Å². The quantitative estimate of drug-likeness (QED) is 0.933. The first-order chi connectivity index (χ1) is 9.29. The lowest BCUT2D eigenvalue weighted by Crippen LogP contribution is -2.33. The molecule has 2 aromatic rings. The van der Waals surface area contributed by atoms with Gasteiger partial charge in [-0.3, -0.25) is 0 Å². The van der Waals surface area contributed by atoms with Crippen molar-refractivity contribution in [2.45, 2.75) is 25.9 Å². The fourth-order valence-corrected chi connectivity index (χ4v) is 3.57. The number of nitrogens with zero attached hydrogens (tertiary/aromatic N) is 3. The smallest absolute Gasteiger partial charge is 0.151 e. The third-order valence-corrected chi connectivity index (χ3v) is 4.63.